The van der Waals surface area contributed by atoms with E-state index < -0.39 is 6.10 Å². The van der Waals surface area contributed by atoms with Crippen molar-refractivity contribution in [3.8, 4) is 0 Å². The van der Waals surface area contributed by atoms with E-state index in [1.54, 1.807) is 0 Å². The first-order valence-electron chi connectivity index (χ1n) is 28.7. The minimum atomic E-state index is -0.802. The smallest absolute Gasteiger partial charge is 0.306 e. The van der Waals surface area contributed by atoms with Crippen molar-refractivity contribution in [3.05, 3.63) is 97.2 Å². The molecule has 0 rings (SSSR count). The zero-order valence-electron chi connectivity index (χ0n) is 45.0. The van der Waals surface area contributed by atoms with Crippen LogP contribution in [0, 0.1) is 0 Å². The number of esters is 3. The second-order valence-electron chi connectivity index (χ2n) is 18.8. The van der Waals surface area contributed by atoms with Gasteiger partial charge in [0, 0.05) is 19.3 Å². The highest BCUT2D eigenvalue weighted by atomic mass is 16.6. The molecular weight excluding hydrogens is 853 g/mol. The molecule has 1 atom stereocenters. The Kier molecular flexibility index (Phi) is 53.9. The Bertz CT molecular complexity index is 1380. The summed E-state index contributed by atoms with van der Waals surface area (Å²) in [5, 5.41) is 0. The minimum absolute atomic E-state index is 0.0989. The van der Waals surface area contributed by atoms with Gasteiger partial charge in [0.15, 0.2) is 6.10 Å². The van der Waals surface area contributed by atoms with E-state index >= 15 is 0 Å². The third-order valence-electron chi connectivity index (χ3n) is 12.0. The highest BCUT2D eigenvalue weighted by Crippen LogP contribution is 2.13. The zero-order valence-corrected chi connectivity index (χ0v) is 45.0. The van der Waals surface area contributed by atoms with Gasteiger partial charge in [-0.15, -0.1) is 0 Å². The number of rotatable bonds is 51. The molecule has 6 nitrogen and oxygen atoms in total. The van der Waals surface area contributed by atoms with Crippen molar-refractivity contribution in [2.24, 2.45) is 0 Å². The molecule has 0 amide bonds. The molecule has 0 unspecified atom stereocenters. The predicted molar refractivity (Wildman–Crippen MR) is 297 cm³/mol. The van der Waals surface area contributed by atoms with Gasteiger partial charge in [-0.25, -0.2) is 0 Å². The number of allylic oxidation sites excluding steroid dienone is 16. The van der Waals surface area contributed by atoms with Crippen LogP contribution in [-0.2, 0) is 28.6 Å². The summed E-state index contributed by atoms with van der Waals surface area (Å²) in [5.41, 5.74) is 0. The van der Waals surface area contributed by atoms with Crippen molar-refractivity contribution in [2.45, 2.75) is 271 Å². The van der Waals surface area contributed by atoms with E-state index in [-0.39, 0.29) is 31.1 Å². The highest BCUT2D eigenvalue weighted by molar-refractivity contribution is 5.71. The number of hydrogen-bond donors (Lipinski definition) is 0. The van der Waals surface area contributed by atoms with Crippen molar-refractivity contribution in [1.82, 2.24) is 0 Å². The molecule has 0 bridgehead atoms. The molecule has 0 aromatic heterocycles. The Balaban J connectivity index is 4.48. The first-order valence-corrected chi connectivity index (χ1v) is 28.7. The summed E-state index contributed by atoms with van der Waals surface area (Å²) in [4.78, 5) is 38.2. The molecule has 0 radical (unpaired) electrons. The van der Waals surface area contributed by atoms with Gasteiger partial charge in [-0.05, 0) is 128 Å². The summed E-state index contributed by atoms with van der Waals surface area (Å²) >= 11 is 0. The third-order valence-corrected chi connectivity index (χ3v) is 12.0. The standard InChI is InChI=1S/C63H106O6/c1-4-7-10-13-16-19-22-25-28-30-31-33-35-38-41-44-47-50-53-56-62(65)68-59-60(58-67-61(64)55-52-49-46-43-40-37-34-27-24-21-18-15-12-9-6-3)69-63(66)57-54-51-48-45-42-39-36-32-29-26-23-20-17-14-11-8-5-2/h16-21,25-29,31,33-34,36,39,60H,4-15,22-24,30,32,35,37-38,40-59H2,1-3H3/b19-16-,20-17-,21-18-,28-25-,29-26-,33-31-,34-27-,39-36-/t60-/m1/s1. The van der Waals surface area contributed by atoms with E-state index in [2.05, 4.69) is 118 Å². The quantitative estimate of drug-likeness (QED) is 0.0262. The SMILES string of the molecule is CCCCC/C=C\C/C=C\C/C=C\CCCCCCCCC(=O)OC[C@@H](COC(=O)CCCCCCC/C=C\C/C=C\CCCCC)OC(=O)CCCCCC/C=C\C/C=C\C/C=C\CCCCC. The lowest BCUT2D eigenvalue weighted by molar-refractivity contribution is -0.167. The molecule has 0 spiro atoms. The van der Waals surface area contributed by atoms with E-state index in [1.165, 1.54) is 96.3 Å². The van der Waals surface area contributed by atoms with Gasteiger partial charge in [0.1, 0.15) is 13.2 Å². The molecule has 6 heteroatoms. The van der Waals surface area contributed by atoms with Gasteiger partial charge in [0.25, 0.3) is 0 Å². The maximum absolute atomic E-state index is 12.9. The number of hydrogen-bond acceptors (Lipinski definition) is 6. The largest absolute Gasteiger partial charge is 0.462 e. The fourth-order valence-electron chi connectivity index (χ4n) is 7.66. The van der Waals surface area contributed by atoms with Crippen LogP contribution >= 0.6 is 0 Å². The normalized spacial score (nSPS) is 12.8. The Labute approximate surface area is 426 Å². The van der Waals surface area contributed by atoms with E-state index in [9.17, 15) is 14.4 Å². The average molecular weight is 960 g/mol. The zero-order chi connectivity index (χ0) is 50.0. The van der Waals surface area contributed by atoms with Gasteiger partial charge in [0.05, 0.1) is 0 Å². The summed E-state index contributed by atoms with van der Waals surface area (Å²) < 4.78 is 16.8. The number of ether oxygens (including phenoxy) is 3. The van der Waals surface area contributed by atoms with Crippen molar-refractivity contribution in [1.29, 1.82) is 0 Å². The maximum Gasteiger partial charge on any atom is 0.306 e. The topological polar surface area (TPSA) is 78.9 Å². The van der Waals surface area contributed by atoms with Gasteiger partial charge in [-0.2, -0.15) is 0 Å². The van der Waals surface area contributed by atoms with Crippen LogP contribution in [0.25, 0.3) is 0 Å². The number of unbranched alkanes of at least 4 members (excludes halogenated alkanes) is 24. The lowest BCUT2D eigenvalue weighted by Gasteiger charge is -2.18. The van der Waals surface area contributed by atoms with E-state index in [0.29, 0.717) is 19.3 Å². The molecule has 0 saturated heterocycles. The van der Waals surface area contributed by atoms with E-state index in [1.807, 2.05) is 0 Å². The fraction of sp³-hybridized carbons (Fsp3) is 0.698. The van der Waals surface area contributed by atoms with Gasteiger partial charge in [-0.3, -0.25) is 14.4 Å². The van der Waals surface area contributed by atoms with Crippen LogP contribution in [0.15, 0.2) is 97.2 Å². The predicted octanol–water partition coefficient (Wildman–Crippen LogP) is 19.3. The molecule has 0 aliphatic rings. The van der Waals surface area contributed by atoms with Crippen LogP contribution in [-0.4, -0.2) is 37.2 Å². The van der Waals surface area contributed by atoms with Crippen LogP contribution in [0.3, 0.4) is 0 Å². The third kappa shape index (κ3) is 55.1. The Hall–Kier alpha value is -3.67. The Morgan fingerprint density at radius 2 is 0.522 bits per heavy atom. The van der Waals surface area contributed by atoms with Gasteiger partial charge < -0.3 is 14.2 Å². The summed E-state index contributed by atoms with van der Waals surface area (Å²) in [5.74, 6) is -0.944. The molecule has 394 valence electrons. The highest BCUT2D eigenvalue weighted by Gasteiger charge is 2.19. The van der Waals surface area contributed by atoms with Crippen LogP contribution in [0.2, 0.25) is 0 Å². The van der Waals surface area contributed by atoms with Gasteiger partial charge >= 0.3 is 17.9 Å². The fourth-order valence-corrected chi connectivity index (χ4v) is 7.66. The average Bonchev–Trinajstić information content (AvgIpc) is 3.35. The lowest BCUT2D eigenvalue weighted by Crippen LogP contribution is -2.30. The van der Waals surface area contributed by atoms with Crippen molar-refractivity contribution in [2.75, 3.05) is 13.2 Å². The van der Waals surface area contributed by atoms with Gasteiger partial charge in [0.2, 0.25) is 0 Å². The molecule has 0 aromatic rings. The van der Waals surface area contributed by atoms with Crippen LogP contribution < -0.4 is 0 Å². The summed E-state index contributed by atoms with van der Waals surface area (Å²) in [6, 6.07) is 0. The second-order valence-corrected chi connectivity index (χ2v) is 18.8. The second kappa shape index (κ2) is 56.9. The van der Waals surface area contributed by atoms with E-state index in [4.69, 9.17) is 14.2 Å². The number of carbonyl (C=O) groups is 3. The first kappa shape index (κ1) is 65.3. The molecule has 0 N–H and O–H groups in total. The van der Waals surface area contributed by atoms with Crippen LogP contribution in [0.5, 0.6) is 0 Å². The minimum Gasteiger partial charge on any atom is -0.462 e. The Morgan fingerprint density at radius 1 is 0.290 bits per heavy atom. The monoisotopic (exact) mass is 959 g/mol. The summed E-state index contributed by atoms with van der Waals surface area (Å²) in [7, 11) is 0. The van der Waals surface area contributed by atoms with Crippen molar-refractivity contribution in [3.63, 3.8) is 0 Å². The molecule has 0 heterocycles. The maximum atomic E-state index is 12.9. The van der Waals surface area contributed by atoms with Crippen LogP contribution in [0.1, 0.15) is 265 Å². The van der Waals surface area contributed by atoms with Gasteiger partial charge in [-0.1, -0.05) is 214 Å². The van der Waals surface area contributed by atoms with Crippen molar-refractivity contribution < 1.29 is 28.6 Å². The molecule has 69 heavy (non-hydrogen) atoms. The number of carbonyl (C=O) groups excluding carboxylic acids is 3. The molecule has 0 saturated carbocycles. The molecule has 0 fully saturated rings. The Morgan fingerprint density at radius 3 is 0.812 bits per heavy atom. The molecule has 0 aromatic carbocycles. The van der Waals surface area contributed by atoms with Crippen molar-refractivity contribution >= 4 is 17.9 Å². The van der Waals surface area contributed by atoms with E-state index in [0.717, 1.165) is 128 Å². The molecular formula is C63H106O6. The van der Waals surface area contributed by atoms with Crippen LogP contribution in [0.4, 0.5) is 0 Å². The first-order chi connectivity index (χ1) is 34.0. The molecule has 0 aliphatic heterocycles. The summed E-state index contributed by atoms with van der Waals surface area (Å²) in [6.45, 7) is 6.52. The lowest BCUT2D eigenvalue weighted by atomic mass is 10.1. The molecule has 0 aliphatic carbocycles. The summed E-state index contributed by atoms with van der Waals surface area (Å²) in [6.07, 6.45) is 75.3.